The predicted molar refractivity (Wildman–Crippen MR) is 77.3 cm³/mol. The van der Waals surface area contributed by atoms with Gasteiger partial charge < -0.3 is 20.7 Å². The molecule has 8 nitrogen and oxygen atoms in total. The molecule has 1 heterocycles. The van der Waals surface area contributed by atoms with Gasteiger partial charge in [0.1, 0.15) is 0 Å². The van der Waals surface area contributed by atoms with Gasteiger partial charge in [-0.2, -0.15) is 0 Å². The van der Waals surface area contributed by atoms with E-state index in [4.69, 9.17) is 57.2 Å². The third-order valence-electron chi connectivity index (χ3n) is 2.15. The zero-order valence-corrected chi connectivity index (χ0v) is 13.3. The van der Waals surface area contributed by atoms with E-state index in [2.05, 4.69) is 15.2 Å². The fourth-order valence-corrected chi connectivity index (χ4v) is 2.27. The van der Waals surface area contributed by atoms with E-state index in [1.165, 1.54) is 6.33 Å². The summed E-state index contributed by atoms with van der Waals surface area (Å²) >= 11 is 22.3. The van der Waals surface area contributed by atoms with Gasteiger partial charge in [0.2, 0.25) is 6.33 Å². The van der Waals surface area contributed by atoms with Crippen LogP contribution in [0.4, 0.5) is 5.95 Å². The summed E-state index contributed by atoms with van der Waals surface area (Å²) in [6.45, 7) is 0. The van der Waals surface area contributed by atoms with Crippen LogP contribution in [-0.4, -0.2) is 27.2 Å². The molecule has 0 unspecified atom stereocenters. The number of aromatic carboxylic acids is 2. The Morgan fingerprint density at radius 3 is 1.91 bits per heavy atom. The minimum Gasteiger partial charge on any atom is -0.545 e. The SMILES string of the molecule is Nc1[nH]nc[nH+]1.O=C([O-])c1c(Cl)c(Cl)c(Cl)c(Cl)c1C(=O)O. The number of benzene rings is 1. The van der Waals surface area contributed by atoms with Crippen molar-refractivity contribution >= 4 is 64.3 Å². The van der Waals surface area contributed by atoms with Crippen LogP contribution < -0.4 is 15.8 Å². The second-order valence-corrected chi connectivity index (χ2v) is 5.04. The summed E-state index contributed by atoms with van der Waals surface area (Å²) < 4.78 is 0. The Morgan fingerprint density at radius 1 is 1.14 bits per heavy atom. The molecule has 0 bridgehead atoms. The molecule has 2 aromatic rings. The highest BCUT2D eigenvalue weighted by Gasteiger charge is 2.25. The third-order valence-corrected chi connectivity index (χ3v) is 3.96. The molecule has 118 valence electrons. The maximum absolute atomic E-state index is 10.8. The quantitative estimate of drug-likeness (QED) is 0.520. The van der Waals surface area contributed by atoms with Gasteiger partial charge in [0.25, 0.3) is 0 Å². The van der Waals surface area contributed by atoms with Gasteiger partial charge >= 0.3 is 11.9 Å². The molecule has 0 aliphatic heterocycles. The highest BCUT2D eigenvalue weighted by Crippen LogP contribution is 2.41. The minimum atomic E-state index is -1.80. The molecule has 0 amide bonds. The first-order chi connectivity index (χ1) is 10.2. The zero-order valence-electron chi connectivity index (χ0n) is 10.3. The fourth-order valence-electron chi connectivity index (χ4n) is 1.26. The summed E-state index contributed by atoms with van der Waals surface area (Å²) in [6.07, 6.45) is 1.48. The van der Waals surface area contributed by atoms with Crippen LogP contribution in [0.1, 0.15) is 20.7 Å². The summed E-state index contributed by atoms with van der Waals surface area (Å²) in [4.78, 5) is 24.2. The van der Waals surface area contributed by atoms with Crippen LogP contribution in [0.2, 0.25) is 20.1 Å². The van der Waals surface area contributed by atoms with E-state index in [0.29, 0.717) is 5.95 Å². The van der Waals surface area contributed by atoms with E-state index in [1.807, 2.05) is 0 Å². The molecule has 22 heavy (non-hydrogen) atoms. The third kappa shape index (κ3) is 3.92. The molecule has 0 fully saturated rings. The lowest BCUT2D eigenvalue weighted by Crippen LogP contribution is -2.26. The Bertz CT molecular complexity index is 675. The molecule has 0 aliphatic carbocycles. The monoisotopic (exact) mass is 386 g/mol. The standard InChI is InChI=1S/C8H2Cl4O4.C2H4N4/c9-3-1(7(13)14)2(8(15)16)4(10)6(12)5(3)11;3-2-4-1-5-6-2/h(H,13,14)(H,15,16);1H,(H3,3,4,5,6). The van der Waals surface area contributed by atoms with E-state index in [-0.39, 0.29) is 10.0 Å². The number of aromatic nitrogens is 3. The summed E-state index contributed by atoms with van der Waals surface area (Å²) in [7, 11) is 0. The molecule has 0 saturated heterocycles. The molecule has 1 aromatic heterocycles. The van der Waals surface area contributed by atoms with E-state index in [0.717, 1.165) is 0 Å². The van der Waals surface area contributed by atoms with E-state index in [1.54, 1.807) is 0 Å². The van der Waals surface area contributed by atoms with Crippen molar-refractivity contribution in [1.29, 1.82) is 0 Å². The van der Waals surface area contributed by atoms with Crippen LogP contribution >= 0.6 is 46.4 Å². The highest BCUT2D eigenvalue weighted by molar-refractivity contribution is 6.53. The average Bonchev–Trinajstić information content (AvgIpc) is 2.91. The number of anilines is 1. The molecule has 0 saturated carbocycles. The number of carbonyl (C=O) groups excluding carboxylic acids is 1. The number of halogens is 4. The van der Waals surface area contributed by atoms with Crippen molar-refractivity contribution in [2.45, 2.75) is 0 Å². The Hall–Kier alpha value is -1.74. The van der Waals surface area contributed by atoms with Crippen LogP contribution in [0.15, 0.2) is 6.33 Å². The summed E-state index contributed by atoms with van der Waals surface area (Å²) in [5, 5.41) is 23.9. The van der Waals surface area contributed by atoms with E-state index < -0.39 is 33.1 Å². The number of H-pyrrole nitrogens is 2. The van der Waals surface area contributed by atoms with Gasteiger partial charge in [-0.25, -0.2) is 9.78 Å². The summed E-state index contributed by atoms with van der Waals surface area (Å²) in [5.41, 5.74) is 3.56. The first-order valence-corrected chi connectivity index (χ1v) is 6.66. The van der Waals surface area contributed by atoms with Crippen molar-refractivity contribution in [3.63, 3.8) is 0 Å². The van der Waals surface area contributed by atoms with Crippen LogP contribution in [0.3, 0.4) is 0 Å². The molecule has 0 radical (unpaired) electrons. The lowest BCUT2D eigenvalue weighted by Gasteiger charge is -2.14. The maximum Gasteiger partial charge on any atom is 0.338 e. The Labute approximate surface area is 142 Å². The second kappa shape index (κ2) is 7.50. The van der Waals surface area contributed by atoms with Gasteiger partial charge in [0, 0.05) is 5.56 Å². The largest absolute Gasteiger partial charge is 0.545 e. The molecule has 2 rings (SSSR count). The number of rotatable bonds is 2. The summed E-state index contributed by atoms with van der Waals surface area (Å²) in [5.74, 6) is -2.91. The second-order valence-electron chi connectivity index (χ2n) is 3.53. The number of hydrogen-bond donors (Lipinski definition) is 3. The van der Waals surface area contributed by atoms with Gasteiger partial charge in [-0.3, -0.25) is 0 Å². The number of carbonyl (C=O) groups is 2. The van der Waals surface area contributed by atoms with Gasteiger partial charge in [-0.15, -0.1) is 5.10 Å². The number of carboxylic acids is 2. The number of aromatic amines is 2. The number of nitrogens with two attached hydrogens (primary N) is 1. The first kappa shape index (κ1) is 18.3. The van der Waals surface area contributed by atoms with Crippen molar-refractivity contribution in [3.05, 3.63) is 37.5 Å². The van der Waals surface area contributed by atoms with Gasteiger partial charge in [0.15, 0.2) is 0 Å². The fraction of sp³-hybridized carbons (Fsp3) is 0. The minimum absolute atomic E-state index is 0.323. The zero-order chi connectivity index (χ0) is 17.0. The van der Waals surface area contributed by atoms with Crippen LogP contribution in [0, 0.1) is 0 Å². The molecule has 0 spiro atoms. The van der Waals surface area contributed by atoms with Crippen molar-refractivity contribution in [3.8, 4) is 0 Å². The molecule has 0 aliphatic rings. The van der Waals surface area contributed by atoms with Crippen molar-refractivity contribution in [2.75, 3.05) is 5.73 Å². The lowest BCUT2D eigenvalue weighted by molar-refractivity contribution is -0.360. The maximum atomic E-state index is 10.8. The van der Waals surface area contributed by atoms with Gasteiger partial charge in [-0.05, 0) is 5.10 Å². The van der Waals surface area contributed by atoms with Gasteiger partial charge in [-0.1, -0.05) is 46.4 Å². The first-order valence-electron chi connectivity index (χ1n) is 5.15. The number of hydrogen-bond acceptors (Lipinski definition) is 5. The number of carboxylic acid groups (broad SMARTS) is 2. The lowest BCUT2D eigenvalue weighted by atomic mass is 10.1. The van der Waals surface area contributed by atoms with Crippen molar-refractivity contribution < 1.29 is 24.8 Å². The number of nitrogens with one attached hydrogen (secondary N) is 2. The van der Waals surface area contributed by atoms with Crippen LogP contribution in [-0.2, 0) is 0 Å². The predicted octanol–water partition coefficient (Wildman–Crippen LogP) is 1.17. The molecule has 5 N–H and O–H groups in total. The van der Waals surface area contributed by atoms with E-state index >= 15 is 0 Å². The Kier molecular flexibility index (Phi) is 6.24. The summed E-state index contributed by atoms with van der Waals surface area (Å²) in [6, 6.07) is 0. The number of nitrogen functional groups attached to an aromatic ring is 1. The smallest absolute Gasteiger partial charge is 0.338 e. The van der Waals surface area contributed by atoms with Crippen LogP contribution in [0.5, 0.6) is 0 Å². The normalized spacial score (nSPS) is 9.82. The molecular weight excluding hydrogens is 382 g/mol. The van der Waals surface area contributed by atoms with Crippen LogP contribution in [0.25, 0.3) is 0 Å². The molecule has 0 atom stereocenters. The van der Waals surface area contributed by atoms with Crippen molar-refractivity contribution in [1.82, 2.24) is 10.2 Å². The number of nitrogens with zero attached hydrogens (tertiary/aromatic N) is 1. The molecule has 12 heteroatoms. The highest BCUT2D eigenvalue weighted by atomic mass is 35.5. The van der Waals surface area contributed by atoms with Crippen molar-refractivity contribution in [2.24, 2.45) is 0 Å². The Morgan fingerprint density at radius 2 is 1.64 bits per heavy atom. The molecule has 1 aromatic carbocycles. The van der Waals surface area contributed by atoms with E-state index in [9.17, 15) is 14.7 Å². The average molecular weight is 388 g/mol. The van der Waals surface area contributed by atoms with Gasteiger partial charge in [0.05, 0.1) is 31.6 Å². The Balaban J connectivity index is 0.000000335. The topological polar surface area (TPSA) is 146 Å². The molecular formula is C10H6Cl4N4O4.